The number of unbranched alkanes of at least 4 members (excludes halogenated alkanes) is 1. The highest BCUT2D eigenvalue weighted by Crippen LogP contribution is 2.32. The number of hydrogen-bond donors (Lipinski definition) is 1. The summed E-state index contributed by atoms with van der Waals surface area (Å²) in [6, 6.07) is 9.81. The fourth-order valence-corrected chi connectivity index (χ4v) is 4.07. The van der Waals surface area contributed by atoms with E-state index in [-0.39, 0.29) is 5.69 Å². The van der Waals surface area contributed by atoms with E-state index in [0.717, 1.165) is 47.2 Å². The van der Waals surface area contributed by atoms with E-state index in [1.807, 2.05) is 43.6 Å². The maximum Gasteiger partial charge on any atom is 0.335 e. The van der Waals surface area contributed by atoms with E-state index >= 15 is 0 Å². The quantitative estimate of drug-likeness (QED) is 0.380. The summed E-state index contributed by atoms with van der Waals surface area (Å²) in [6.45, 7) is 2.50. The third kappa shape index (κ3) is 3.91. The van der Waals surface area contributed by atoms with Crippen molar-refractivity contribution in [2.75, 3.05) is 0 Å². The van der Waals surface area contributed by atoms with Crippen LogP contribution in [0.5, 0.6) is 0 Å². The Balaban J connectivity index is 1.61. The maximum absolute atomic E-state index is 13.5. The second kappa shape index (κ2) is 9.22. The molecule has 0 radical (unpaired) electrons. The lowest BCUT2D eigenvalue weighted by Crippen LogP contribution is -2.26. The van der Waals surface area contributed by atoms with Crippen LogP contribution in [0.15, 0.2) is 60.0 Å². The van der Waals surface area contributed by atoms with Crippen LogP contribution in [0.1, 0.15) is 31.0 Å². The summed E-state index contributed by atoms with van der Waals surface area (Å²) in [7, 11) is 1.82. The average Bonchev–Trinajstić information content (AvgIpc) is 3.60. The number of pyridine rings is 1. The van der Waals surface area contributed by atoms with E-state index in [1.165, 1.54) is 0 Å². The summed E-state index contributed by atoms with van der Waals surface area (Å²) in [5, 5.41) is 22.6. The molecule has 0 saturated heterocycles. The fourth-order valence-electron chi connectivity index (χ4n) is 4.07. The Labute approximate surface area is 195 Å². The van der Waals surface area contributed by atoms with Crippen LogP contribution in [-0.2, 0) is 20.0 Å². The van der Waals surface area contributed by atoms with Crippen molar-refractivity contribution in [3.05, 3.63) is 77.0 Å². The standard InChI is InChI=1S/C23H24N10O/c1-3-4-7-17-14-33(22-28-25-15-31(22)2)23(34)32(17)13-16-12-24-11-10-18(16)19-8-5-6-9-20(19)21-26-29-30-27-21/h5-6,8-12,14-15H,3-4,7,13H2,1-2H3,(H,26,27,29,30). The van der Waals surface area contributed by atoms with Gasteiger partial charge in [0, 0.05) is 36.9 Å². The molecule has 1 aromatic carbocycles. The van der Waals surface area contributed by atoms with Gasteiger partial charge in [0.2, 0.25) is 11.8 Å². The number of rotatable bonds is 8. The Hall–Kier alpha value is -4.41. The van der Waals surface area contributed by atoms with Crippen LogP contribution in [0.25, 0.3) is 28.5 Å². The molecule has 0 aliphatic rings. The number of H-pyrrole nitrogens is 1. The van der Waals surface area contributed by atoms with E-state index in [4.69, 9.17) is 0 Å². The lowest BCUT2D eigenvalue weighted by molar-refractivity contribution is 0.668. The topological polar surface area (TPSA) is 125 Å². The predicted molar refractivity (Wildman–Crippen MR) is 125 cm³/mol. The zero-order valence-electron chi connectivity index (χ0n) is 19.0. The van der Waals surface area contributed by atoms with Gasteiger partial charge in [0.1, 0.15) is 6.33 Å². The van der Waals surface area contributed by atoms with Crippen LogP contribution >= 0.6 is 0 Å². The number of aryl methyl sites for hydroxylation is 2. The van der Waals surface area contributed by atoms with E-state index in [9.17, 15) is 4.79 Å². The summed E-state index contributed by atoms with van der Waals surface area (Å²) in [5.74, 6) is 0.989. The van der Waals surface area contributed by atoms with Crippen LogP contribution < -0.4 is 5.69 Å². The van der Waals surface area contributed by atoms with Crippen molar-refractivity contribution in [2.45, 2.75) is 32.7 Å². The largest absolute Gasteiger partial charge is 0.335 e. The van der Waals surface area contributed by atoms with Crippen LogP contribution in [0.2, 0.25) is 0 Å². The zero-order valence-corrected chi connectivity index (χ0v) is 19.0. The summed E-state index contributed by atoms with van der Waals surface area (Å²) in [4.78, 5) is 17.9. The van der Waals surface area contributed by atoms with E-state index < -0.39 is 0 Å². The number of benzene rings is 1. The number of nitrogens with zero attached hydrogens (tertiary/aromatic N) is 9. The Morgan fingerprint density at radius 1 is 1.06 bits per heavy atom. The van der Waals surface area contributed by atoms with Gasteiger partial charge in [0.05, 0.1) is 6.54 Å². The minimum Gasteiger partial charge on any atom is -0.302 e. The van der Waals surface area contributed by atoms with Crippen molar-refractivity contribution in [1.29, 1.82) is 0 Å². The summed E-state index contributed by atoms with van der Waals surface area (Å²) in [6.07, 6.45) is 9.79. The van der Waals surface area contributed by atoms with Crippen molar-refractivity contribution in [1.82, 2.24) is 49.5 Å². The third-order valence-corrected chi connectivity index (χ3v) is 5.79. The summed E-state index contributed by atoms with van der Waals surface area (Å²) < 4.78 is 5.08. The molecule has 0 saturated carbocycles. The smallest absolute Gasteiger partial charge is 0.302 e. The highest BCUT2D eigenvalue weighted by molar-refractivity contribution is 5.81. The number of nitrogens with one attached hydrogen (secondary N) is 1. The molecule has 4 aromatic heterocycles. The highest BCUT2D eigenvalue weighted by Gasteiger charge is 2.19. The van der Waals surface area contributed by atoms with Gasteiger partial charge in [0.15, 0.2) is 0 Å². The van der Waals surface area contributed by atoms with Gasteiger partial charge in [-0.15, -0.1) is 20.4 Å². The Morgan fingerprint density at radius 2 is 1.91 bits per heavy atom. The lowest BCUT2D eigenvalue weighted by atomic mass is 9.96. The molecule has 0 unspecified atom stereocenters. The van der Waals surface area contributed by atoms with Gasteiger partial charge >= 0.3 is 5.69 Å². The first-order valence-corrected chi connectivity index (χ1v) is 11.1. The van der Waals surface area contributed by atoms with Gasteiger partial charge in [-0.2, -0.15) is 5.21 Å². The first-order chi connectivity index (χ1) is 16.7. The Morgan fingerprint density at radius 3 is 2.65 bits per heavy atom. The number of imidazole rings is 1. The lowest BCUT2D eigenvalue weighted by Gasteiger charge is -2.13. The molecule has 34 heavy (non-hydrogen) atoms. The molecule has 0 fully saturated rings. The summed E-state index contributed by atoms with van der Waals surface area (Å²) >= 11 is 0. The van der Waals surface area contributed by atoms with Gasteiger partial charge in [0.25, 0.3) is 0 Å². The van der Waals surface area contributed by atoms with Crippen molar-refractivity contribution in [3.63, 3.8) is 0 Å². The molecule has 11 nitrogen and oxygen atoms in total. The molecule has 1 N–H and O–H groups in total. The van der Waals surface area contributed by atoms with E-state index in [0.29, 0.717) is 18.3 Å². The summed E-state index contributed by atoms with van der Waals surface area (Å²) in [5.41, 5.74) is 4.43. The van der Waals surface area contributed by atoms with Crippen LogP contribution in [0, 0.1) is 0 Å². The van der Waals surface area contributed by atoms with Gasteiger partial charge < -0.3 is 4.57 Å². The monoisotopic (exact) mass is 456 g/mol. The van der Waals surface area contributed by atoms with Crippen LogP contribution in [0.3, 0.4) is 0 Å². The van der Waals surface area contributed by atoms with E-state index in [1.54, 1.807) is 32.4 Å². The number of aromatic amines is 1. The van der Waals surface area contributed by atoms with E-state index in [2.05, 4.69) is 42.7 Å². The molecular weight excluding hydrogens is 432 g/mol. The Bertz CT molecular complexity index is 1460. The average molecular weight is 457 g/mol. The van der Waals surface area contributed by atoms with Gasteiger partial charge in [-0.25, -0.2) is 9.36 Å². The molecule has 5 rings (SSSR count). The van der Waals surface area contributed by atoms with Crippen molar-refractivity contribution in [2.24, 2.45) is 7.05 Å². The molecule has 0 spiro atoms. The van der Waals surface area contributed by atoms with Crippen LogP contribution in [-0.4, -0.2) is 49.5 Å². The molecule has 0 atom stereocenters. The van der Waals surface area contributed by atoms with Crippen molar-refractivity contribution >= 4 is 0 Å². The Kier molecular flexibility index (Phi) is 5.81. The first kappa shape index (κ1) is 21.4. The fraction of sp³-hybridized carbons (Fsp3) is 0.261. The predicted octanol–water partition coefficient (Wildman–Crippen LogP) is 2.40. The van der Waals surface area contributed by atoms with Gasteiger partial charge in [-0.1, -0.05) is 37.6 Å². The first-order valence-electron chi connectivity index (χ1n) is 11.1. The van der Waals surface area contributed by atoms with Gasteiger partial charge in [-0.05, 0) is 40.8 Å². The minimum absolute atomic E-state index is 0.163. The number of aromatic nitrogens is 10. The second-order valence-corrected chi connectivity index (χ2v) is 8.02. The second-order valence-electron chi connectivity index (χ2n) is 8.02. The molecule has 0 aliphatic heterocycles. The number of hydrogen-bond acceptors (Lipinski definition) is 7. The highest BCUT2D eigenvalue weighted by atomic mass is 16.1. The number of tetrazole rings is 1. The molecule has 4 heterocycles. The molecule has 5 aromatic rings. The molecule has 172 valence electrons. The van der Waals surface area contributed by atoms with Gasteiger partial charge in [-0.3, -0.25) is 9.55 Å². The molecule has 0 bridgehead atoms. The molecule has 0 aliphatic carbocycles. The normalized spacial score (nSPS) is 11.2. The van der Waals surface area contributed by atoms with Crippen molar-refractivity contribution < 1.29 is 0 Å². The van der Waals surface area contributed by atoms with Crippen LogP contribution in [0.4, 0.5) is 0 Å². The zero-order chi connectivity index (χ0) is 23.5. The molecule has 0 amide bonds. The molecular formula is C23H24N10O. The SMILES string of the molecule is CCCCc1cn(-c2nncn2C)c(=O)n1Cc1cnccc1-c1ccccc1-c1nn[nH]n1. The third-order valence-electron chi connectivity index (χ3n) is 5.79. The maximum atomic E-state index is 13.5. The van der Waals surface area contributed by atoms with Crippen molar-refractivity contribution in [3.8, 4) is 28.5 Å². The minimum atomic E-state index is -0.163. The molecule has 11 heteroatoms.